The fourth-order valence-electron chi connectivity index (χ4n) is 1.69. The summed E-state index contributed by atoms with van der Waals surface area (Å²) < 4.78 is 4.08. The molecule has 2 rings (SSSR count). The first-order valence-electron chi connectivity index (χ1n) is 5.16. The van der Waals surface area contributed by atoms with Gasteiger partial charge in [0.1, 0.15) is 0 Å². The molecule has 1 N–H and O–H groups in total. The highest BCUT2D eigenvalue weighted by Crippen LogP contribution is 2.23. The molecular weight excluding hydrogens is 331 g/mol. The Morgan fingerprint density at radius 3 is 2.62 bits per heavy atom. The van der Waals surface area contributed by atoms with E-state index in [1.165, 1.54) is 9.26 Å². The number of nitrogens with zero attached hydrogens (tertiary/aromatic N) is 1. The highest BCUT2D eigenvalue weighted by Gasteiger charge is 2.11. The molecule has 84 valence electrons. The largest absolute Gasteiger partial charge is 0.337 e. The van der Waals surface area contributed by atoms with E-state index < -0.39 is 0 Å². The predicted molar refractivity (Wildman–Crippen MR) is 77.8 cm³/mol. The summed E-state index contributed by atoms with van der Waals surface area (Å²) in [6.07, 6.45) is 2.00. The average molecular weight is 344 g/mol. The van der Waals surface area contributed by atoms with Crippen molar-refractivity contribution in [3.63, 3.8) is 0 Å². The number of rotatable bonds is 2. The summed E-state index contributed by atoms with van der Waals surface area (Å²) in [5.74, 6) is 0.448. The molecule has 0 bridgehead atoms. The number of benzene rings is 1. The number of aromatic nitrogens is 2. The number of para-hydroxylation sites is 1. The van der Waals surface area contributed by atoms with Crippen molar-refractivity contribution in [2.24, 2.45) is 0 Å². The van der Waals surface area contributed by atoms with E-state index in [4.69, 9.17) is 12.2 Å². The first-order valence-corrected chi connectivity index (χ1v) is 6.65. The molecule has 0 radical (unpaired) electrons. The molecule has 4 heteroatoms. The van der Waals surface area contributed by atoms with E-state index in [-0.39, 0.29) is 0 Å². The van der Waals surface area contributed by atoms with Gasteiger partial charge >= 0.3 is 0 Å². The van der Waals surface area contributed by atoms with E-state index in [9.17, 15) is 0 Å². The first-order chi connectivity index (χ1) is 7.61. The van der Waals surface area contributed by atoms with Gasteiger partial charge < -0.3 is 4.98 Å². The Balaban J connectivity index is 2.69. The maximum Gasteiger partial charge on any atom is 0.182 e. The molecule has 1 aromatic heterocycles. The van der Waals surface area contributed by atoms with Crippen molar-refractivity contribution in [3.8, 4) is 5.69 Å². The average Bonchev–Trinajstić information content (AvgIpc) is 2.61. The molecule has 0 aliphatic carbocycles. The van der Waals surface area contributed by atoms with Crippen molar-refractivity contribution >= 4 is 34.8 Å². The van der Waals surface area contributed by atoms with Crippen LogP contribution >= 0.6 is 34.8 Å². The van der Waals surface area contributed by atoms with Crippen molar-refractivity contribution in [2.45, 2.75) is 19.8 Å². The number of H-pyrrole nitrogens is 1. The van der Waals surface area contributed by atoms with Gasteiger partial charge in [-0.1, -0.05) is 26.0 Å². The van der Waals surface area contributed by atoms with Gasteiger partial charge in [-0.2, -0.15) is 0 Å². The van der Waals surface area contributed by atoms with Crippen molar-refractivity contribution in [1.29, 1.82) is 0 Å². The predicted octanol–water partition coefficient (Wildman–Crippen LogP) is 4.26. The van der Waals surface area contributed by atoms with Gasteiger partial charge in [0.15, 0.2) is 4.77 Å². The molecule has 0 spiro atoms. The lowest BCUT2D eigenvalue weighted by Crippen LogP contribution is -2.03. The van der Waals surface area contributed by atoms with Crippen LogP contribution < -0.4 is 0 Å². The number of imidazole rings is 1. The summed E-state index contributed by atoms with van der Waals surface area (Å²) in [6.45, 7) is 4.34. The lowest BCUT2D eigenvalue weighted by Gasteiger charge is -2.12. The van der Waals surface area contributed by atoms with Crippen LogP contribution in [0.15, 0.2) is 30.5 Å². The Kier molecular flexibility index (Phi) is 3.49. The summed E-state index contributed by atoms with van der Waals surface area (Å²) >= 11 is 7.67. The zero-order valence-electron chi connectivity index (χ0n) is 9.20. The van der Waals surface area contributed by atoms with E-state index in [0.717, 1.165) is 10.5 Å². The smallest absolute Gasteiger partial charge is 0.182 e. The molecule has 2 nitrogen and oxygen atoms in total. The zero-order valence-corrected chi connectivity index (χ0v) is 12.2. The van der Waals surface area contributed by atoms with Gasteiger partial charge in [-0.3, -0.25) is 4.57 Å². The van der Waals surface area contributed by atoms with E-state index >= 15 is 0 Å². The first kappa shape index (κ1) is 11.9. The Hall–Kier alpha value is -0.620. The van der Waals surface area contributed by atoms with Crippen LogP contribution in [0.25, 0.3) is 5.69 Å². The summed E-state index contributed by atoms with van der Waals surface area (Å²) in [5.41, 5.74) is 2.37. The van der Waals surface area contributed by atoms with Crippen molar-refractivity contribution in [1.82, 2.24) is 9.55 Å². The lowest BCUT2D eigenvalue weighted by atomic mass is 10.1. The molecular formula is C12H13IN2S. The Morgan fingerprint density at radius 1 is 1.31 bits per heavy atom. The monoisotopic (exact) mass is 344 g/mol. The Morgan fingerprint density at radius 2 is 2.00 bits per heavy atom. The molecule has 0 aliphatic heterocycles. The molecule has 0 saturated carbocycles. The highest BCUT2D eigenvalue weighted by atomic mass is 127. The van der Waals surface area contributed by atoms with Gasteiger partial charge in [0.2, 0.25) is 0 Å². The Labute approximate surface area is 114 Å². The van der Waals surface area contributed by atoms with E-state index in [2.05, 4.69) is 58.1 Å². The summed E-state index contributed by atoms with van der Waals surface area (Å²) in [5, 5.41) is 0. The second kappa shape index (κ2) is 4.71. The minimum absolute atomic E-state index is 0.448. The van der Waals surface area contributed by atoms with Gasteiger partial charge in [-0.05, 0) is 52.9 Å². The molecule has 1 heterocycles. The highest BCUT2D eigenvalue weighted by molar-refractivity contribution is 14.1. The number of hydrogen-bond acceptors (Lipinski definition) is 1. The van der Waals surface area contributed by atoms with Crippen LogP contribution in [0.2, 0.25) is 0 Å². The maximum atomic E-state index is 5.34. The fourth-order valence-corrected chi connectivity index (χ4v) is 2.58. The molecule has 16 heavy (non-hydrogen) atoms. The normalized spacial score (nSPS) is 11.0. The third-order valence-corrected chi connectivity index (χ3v) is 3.70. The SMILES string of the molecule is CC(C)c1c[nH]c(=S)n1-c1ccccc1I. The van der Waals surface area contributed by atoms with E-state index in [1.54, 1.807) is 0 Å². The number of halogens is 1. The van der Waals surface area contributed by atoms with Crippen LogP contribution in [0.4, 0.5) is 0 Å². The second-order valence-corrected chi connectivity index (χ2v) is 5.51. The van der Waals surface area contributed by atoms with Crippen LogP contribution in [0.1, 0.15) is 25.5 Å². The standard InChI is InChI=1S/C12H13IN2S/c1-8(2)11-7-14-12(16)15(11)10-6-4-3-5-9(10)13/h3-8H,1-2H3,(H,14,16). The third-order valence-electron chi connectivity index (χ3n) is 2.49. The molecule has 2 aromatic rings. The summed E-state index contributed by atoms with van der Waals surface area (Å²) in [7, 11) is 0. The zero-order chi connectivity index (χ0) is 11.7. The minimum atomic E-state index is 0.448. The quantitative estimate of drug-likeness (QED) is 0.638. The van der Waals surface area contributed by atoms with Crippen LogP contribution in [-0.2, 0) is 0 Å². The maximum absolute atomic E-state index is 5.34. The van der Waals surface area contributed by atoms with Gasteiger partial charge in [-0.25, -0.2) is 0 Å². The number of aromatic amines is 1. The van der Waals surface area contributed by atoms with Gasteiger partial charge in [0.25, 0.3) is 0 Å². The molecule has 0 fully saturated rings. The molecule has 0 aliphatic rings. The van der Waals surface area contributed by atoms with Gasteiger partial charge in [0.05, 0.1) is 5.69 Å². The topological polar surface area (TPSA) is 20.7 Å². The Bertz CT molecular complexity index is 554. The van der Waals surface area contributed by atoms with Crippen molar-refractivity contribution in [3.05, 3.63) is 44.5 Å². The van der Waals surface area contributed by atoms with Crippen LogP contribution in [0.3, 0.4) is 0 Å². The molecule has 1 aromatic carbocycles. The lowest BCUT2D eigenvalue weighted by molar-refractivity contribution is 0.782. The third kappa shape index (κ3) is 2.08. The molecule has 0 atom stereocenters. The van der Waals surface area contributed by atoms with Crippen molar-refractivity contribution < 1.29 is 0 Å². The molecule has 0 saturated heterocycles. The number of hydrogen-bond donors (Lipinski definition) is 1. The van der Waals surface area contributed by atoms with Gasteiger partial charge in [0, 0.05) is 15.5 Å². The summed E-state index contributed by atoms with van der Waals surface area (Å²) in [4.78, 5) is 3.12. The fraction of sp³-hybridized carbons (Fsp3) is 0.250. The summed E-state index contributed by atoms with van der Waals surface area (Å²) in [6, 6.07) is 8.26. The van der Waals surface area contributed by atoms with Crippen molar-refractivity contribution in [2.75, 3.05) is 0 Å². The van der Waals surface area contributed by atoms with E-state index in [1.807, 2.05) is 18.3 Å². The van der Waals surface area contributed by atoms with Crippen LogP contribution in [0.5, 0.6) is 0 Å². The molecule has 0 amide bonds. The van der Waals surface area contributed by atoms with Crippen LogP contribution in [0, 0.1) is 8.34 Å². The van der Waals surface area contributed by atoms with Crippen LogP contribution in [-0.4, -0.2) is 9.55 Å². The number of nitrogens with one attached hydrogen (secondary N) is 1. The minimum Gasteiger partial charge on any atom is -0.337 e. The molecule has 0 unspecified atom stereocenters. The van der Waals surface area contributed by atoms with E-state index in [0.29, 0.717) is 5.92 Å². The van der Waals surface area contributed by atoms with Gasteiger partial charge in [-0.15, -0.1) is 0 Å². The second-order valence-electron chi connectivity index (χ2n) is 3.96.